The minimum atomic E-state index is -0.700. The Morgan fingerprint density at radius 3 is 1.92 bits per heavy atom. The Labute approximate surface area is 157 Å². The third-order valence-corrected chi connectivity index (χ3v) is 5.49. The topological polar surface area (TPSA) is 38.8 Å². The second-order valence-corrected chi connectivity index (χ2v) is 8.66. The van der Waals surface area contributed by atoms with E-state index in [1.54, 1.807) is 17.9 Å². The number of halogens is 1. The fourth-order valence-electron chi connectivity index (χ4n) is 3.25. The zero-order valence-electron chi connectivity index (χ0n) is 17.4. The van der Waals surface area contributed by atoms with Crippen molar-refractivity contribution in [1.82, 2.24) is 4.90 Å². The highest BCUT2D eigenvalue weighted by Crippen LogP contribution is 2.36. The average molecular weight is 363 g/mol. The van der Waals surface area contributed by atoms with E-state index in [1.165, 1.54) is 6.07 Å². The molecule has 1 heterocycles. The normalized spacial score (nSPS) is 18.7. The van der Waals surface area contributed by atoms with Gasteiger partial charge in [-0.2, -0.15) is 0 Å². The molecule has 1 aromatic rings. The second-order valence-electron chi connectivity index (χ2n) is 8.66. The lowest BCUT2D eigenvalue weighted by Crippen LogP contribution is -2.43. The summed E-state index contributed by atoms with van der Waals surface area (Å²) in [7, 11) is -0.700. The SMILES string of the molecule is Cc1c(F)cc(C(=O)N(C(C)C)C(C)C)cc1B1OC(C)(C)C(C)(C)O1. The van der Waals surface area contributed by atoms with Gasteiger partial charge in [-0.25, -0.2) is 4.39 Å². The fourth-order valence-corrected chi connectivity index (χ4v) is 3.25. The average Bonchev–Trinajstić information content (AvgIpc) is 2.69. The first-order chi connectivity index (χ1) is 11.8. The van der Waals surface area contributed by atoms with Crippen LogP contribution in [0.5, 0.6) is 0 Å². The number of rotatable bonds is 4. The van der Waals surface area contributed by atoms with E-state index < -0.39 is 24.1 Å². The molecular formula is C20H31BFNO3. The van der Waals surface area contributed by atoms with Crippen molar-refractivity contribution in [2.24, 2.45) is 0 Å². The Morgan fingerprint density at radius 1 is 1.04 bits per heavy atom. The standard InChI is InChI=1S/C20H31BFNO3/c1-12(2)23(13(3)4)18(24)15-10-16(14(5)17(22)11-15)21-25-19(6,7)20(8,9)26-21/h10-13H,1-9H3. The summed E-state index contributed by atoms with van der Waals surface area (Å²) in [6.07, 6.45) is 0. The van der Waals surface area contributed by atoms with Gasteiger partial charge in [0, 0.05) is 17.6 Å². The number of benzene rings is 1. The van der Waals surface area contributed by atoms with Crippen molar-refractivity contribution >= 4 is 18.5 Å². The van der Waals surface area contributed by atoms with Crippen LogP contribution in [0, 0.1) is 12.7 Å². The summed E-state index contributed by atoms with van der Waals surface area (Å²) in [6.45, 7) is 17.3. The van der Waals surface area contributed by atoms with Crippen LogP contribution in [0.2, 0.25) is 0 Å². The van der Waals surface area contributed by atoms with E-state index in [2.05, 4.69) is 0 Å². The predicted molar refractivity (Wildman–Crippen MR) is 103 cm³/mol. The molecule has 0 saturated carbocycles. The number of carbonyl (C=O) groups is 1. The molecule has 0 atom stereocenters. The first kappa shape index (κ1) is 20.9. The van der Waals surface area contributed by atoms with Crippen LogP contribution in [0.15, 0.2) is 12.1 Å². The van der Waals surface area contributed by atoms with E-state index in [4.69, 9.17) is 9.31 Å². The highest BCUT2D eigenvalue weighted by Gasteiger charge is 2.52. The Bertz CT molecular complexity index is 677. The summed E-state index contributed by atoms with van der Waals surface area (Å²) in [5.74, 6) is -0.611. The molecule has 2 rings (SSSR count). The molecule has 0 aromatic heterocycles. The molecule has 0 bridgehead atoms. The van der Waals surface area contributed by atoms with Crippen molar-refractivity contribution in [3.8, 4) is 0 Å². The smallest absolute Gasteiger partial charge is 0.399 e. The molecule has 0 spiro atoms. The second kappa shape index (κ2) is 6.97. The van der Waals surface area contributed by atoms with Gasteiger partial charge in [0.05, 0.1) is 11.2 Å². The Balaban J connectivity index is 2.47. The summed E-state index contributed by atoms with van der Waals surface area (Å²) in [5, 5.41) is 0. The van der Waals surface area contributed by atoms with E-state index in [0.717, 1.165) is 0 Å². The summed E-state index contributed by atoms with van der Waals surface area (Å²) < 4.78 is 26.7. The quantitative estimate of drug-likeness (QED) is 0.766. The molecule has 1 amide bonds. The zero-order valence-corrected chi connectivity index (χ0v) is 17.4. The first-order valence-corrected chi connectivity index (χ1v) is 9.27. The van der Waals surface area contributed by atoms with Crippen molar-refractivity contribution in [2.75, 3.05) is 0 Å². The molecule has 144 valence electrons. The van der Waals surface area contributed by atoms with E-state index in [-0.39, 0.29) is 18.0 Å². The Kier molecular flexibility index (Phi) is 5.60. The number of hydrogen-bond donors (Lipinski definition) is 0. The largest absolute Gasteiger partial charge is 0.495 e. The minimum Gasteiger partial charge on any atom is -0.399 e. The molecule has 26 heavy (non-hydrogen) atoms. The monoisotopic (exact) mass is 363 g/mol. The molecule has 6 heteroatoms. The first-order valence-electron chi connectivity index (χ1n) is 9.27. The maximum absolute atomic E-state index is 14.6. The number of hydrogen-bond acceptors (Lipinski definition) is 3. The third kappa shape index (κ3) is 3.67. The maximum atomic E-state index is 14.6. The van der Waals surface area contributed by atoms with Crippen LogP contribution < -0.4 is 5.46 Å². The van der Waals surface area contributed by atoms with Crippen molar-refractivity contribution in [2.45, 2.75) is 85.6 Å². The number of amides is 1. The molecular weight excluding hydrogens is 332 g/mol. The lowest BCUT2D eigenvalue weighted by molar-refractivity contribution is 0.00578. The molecule has 1 aliphatic heterocycles. The van der Waals surface area contributed by atoms with Gasteiger partial charge in [0.1, 0.15) is 5.82 Å². The summed E-state index contributed by atoms with van der Waals surface area (Å²) in [4.78, 5) is 14.7. The van der Waals surface area contributed by atoms with Gasteiger partial charge in [-0.05, 0) is 85.5 Å². The molecule has 4 nitrogen and oxygen atoms in total. The maximum Gasteiger partial charge on any atom is 0.495 e. The molecule has 0 unspecified atom stereocenters. The molecule has 1 saturated heterocycles. The predicted octanol–water partition coefficient (Wildman–Crippen LogP) is 3.69. The van der Waals surface area contributed by atoms with Crippen LogP contribution in [-0.2, 0) is 9.31 Å². The van der Waals surface area contributed by atoms with Crippen molar-refractivity contribution in [3.05, 3.63) is 29.1 Å². The van der Waals surface area contributed by atoms with Gasteiger partial charge in [-0.1, -0.05) is 0 Å². The highest BCUT2D eigenvalue weighted by atomic mass is 19.1. The van der Waals surface area contributed by atoms with Crippen LogP contribution in [0.25, 0.3) is 0 Å². The molecule has 0 aliphatic carbocycles. The van der Waals surface area contributed by atoms with Crippen LogP contribution >= 0.6 is 0 Å². The zero-order chi connectivity index (χ0) is 20.0. The van der Waals surface area contributed by atoms with Gasteiger partial charge in [-0.15, -0.1) is 0 Å². The molecule has 1 fully saturated rings. The van der Waals surface area contributed by atoms with E-state index in [0.29, 0.717) is 16.6 Å². The summed E-state index contributed by atoms with van der Waals surface area (Å²) in [6, 6.07) is 3.06. The summed E-state index contributed by atoms with van der Waals surface area (Å²) in [5.41, 5.74) is 0.283. The summed E-state index contributed by atoms with van der Waals surface area (Å²) >= 11 is 0. The van der Waals surface area contributed by atoms with Gasteiger partial charge in [0.25, 0.3) is 5.91 Å². The van der Waals surface area contributed by atoms with Crippen molar-refractivity contribution in [1.29, 1.82) is 0 Å². The van der Waals surface area contributed by atoms with E-state index in [1.807, 2.05) is 55.4 Å². The van der Waals surface area contributed by atoms with Crippen molar-refractivity contribution < 1.29 is 18.5 Å². The number of nitrogens with zero attached hydrogens (tertiary/aromatic N) is 1. The van der Waals surface area contributed by atoms with Crippen LogP contribution in [0.1, 0.15) is 71.3 Å². The van der Waals surface area contributed by atoms with Crippen molar-refractivity contribution in [3.63, 3.8) is 0 Å². The highest BCUT2D eigenvalue weighted by molar-refractivity contribution is 6.62. The van der Waals surface area contributed by atoms with E-state index >= 15 is 0 Å². The van der Waals surface area contributed by atoms with Gasteiger partial charge in [0.2, 0.25) is 0 Å². The van der Waals surface area contributed by atoms with Gasteiger partial charge >= 0.3 is 7.12 Å². The Morgan fingerprint density at radius 2 is 1.50 bits per heavy atom. The molecule has 0 radical (unpaired) electrons. The molecule has 1 aromatic carbocycles. The number of carbonyl (C=O) groups excluding carboxylic acids is 1. The lowest BCUT2D eigenvalue weighted by Gasteiger charge is -2.32. The minimum absolute atomic E-state index is 0.0205. The van der Waals surface area contributed by atoms with Gasteiger partial charge in [0.15, 0.2) is 0 Å². The van der Waals surface area contributed by atoms with Gasteiger partial charge < -0.3 is 14.2 Å². The Hall–Kier alpha value is -1.40. The van der Waals surface area contributed by atoms with Crippen LogP contribution in [0.3, 0.4) is 0 Å². The molecule has 1 aliphatic rings. The lowest BCUT2D eigenvalue weighted by atomic mass is 9.75. The molecule has 0 N–H and O–H groups in total. The van der Waals surface area contributed by atoms with Crippen LogP contribution in [-0.4, -0.2) is 41.2 Å². The third-order valence-electron chi connectivity index (χ3n) is 5.49. The van der Waals surface area contributed by atoms with Crippen LogP contribution in [0.4, 0.5) is 4.39 Å². The fraction of sp³-hybridized carbons (Fsp3) is 0.650. The van der Waals surface area contributed by atoms with Gasteiger partial charge in [-0.3, -0.25) is 4.79 Å². The van der Waals surface area contributed by atoms with E-state index in [9.17, 15) is 9.18 Å².